The Kier molecular flexibility index (Phi) is 6.49. The highest BCUT2D eigenvalue weighted by atomic mass is 32.2. The largest absolute Gasteiger partial charge is 0.497 e. The van der Waals surface area contributed by atoms with E-state index in [1.165, 1.54) is 23.9 Å². The van der Waals surface area contributed by atoms with Gasteiger partial charge in [-0.3, -0.25) is 0 Å². The minimum Gasteiger partial charge on any atom is -0.497 e. The molecule has 0 atom stereocenters. The maximum Gasteiger partial charge on any atom is 0.330 e. The Bertz CT molecular complexity index is 969. The van der Waals surface area contributed by atoms with Gasteiger partial charge in [0, 0.05) is 16.7 Å². The second-order valence-corrected chi connectivity index (χ2v) is 6.89. The number of benzene rings is 3. The molecule has 5 heteroatoms. The van der Waals surface area contributed by atoms with Gasteiger partial charge in [0.05, 0.1) is 7.11 Å². The molecule has 0 heterocycles. The number of thioether (sulfide) groups is 1. The maximum absolute atomic E-state index is 13.5. The number of esters is 1. The van der Waals surface area contributed by atoms with Crippen molar-refractivity contribution >= 4 is 34.6 Å². The molecular formula is C22H19FO3S. The molecule has 0 aliphatic rings. The summed E-state index contributed by atoms with van der Waals surface area (Å²) >= 11 is 1.32. The molecule has 0 N–H and O–H groups in total. The zero-order valence-electron chi connectivity index (χ0n) is 14.9. The summed E-state index contributed by atoms with van der Waals surface area (Å²) < 4.78 is 23.9. The molecule has 0 saturated carbocycles. The van der Waals surface area contributed by atoms with E-state index >= 15 is 0 Å². The van der Waals surface area contributed by atoms with Crippen molar-refractivity contribution < 1.29 is 18.7 Å². The first-order valence-electron chi connectivity index (χ1n) is 8.46. The van der Waals surface area contributed by atoms with Gasteiger partial charge >= 0.3 is 5.97 Å². The molecule has 3 nitrogen and oxygen atoms in total. The number of methoxy groups -OCH3 is 1. The normalized spacial score (nSPS) is 11.0. The lowest BCUT2D eigenvalue weighted by Gasteiger charge is -2.04. The highest BCUT2D eigenvalue weighted by molar-refractivity contribution is 7.99. The third kappa shape index (κ3) is 5.34. The number of hydrogen-bond acceptors (Lipinski definition) is 4. The van der Waals surface area contributed by atoms with E-state index in [1.54, 1.807) is 31.4 Å². The number of rotatable bonds is 7. The van der Waals surface area contributed by atoms with Crippen LogP contribution in [0.5, 0.6) is 5.75 Å². The summed E-state index contributed by atoms with van der Waals surface area (Å²) in [5.74, 6) is 0.627. The number of halogens is 1. The third-order valence-corrected chi connectivity index (χ3v) is 4.92. The van der Waals surface area contributed by atoms with Crippen LogP contribution < -0.4 is 4.74 Å². The second-order valence-electron chi connectivity index (χ2n) is 5.75. The van der Waals surface area contributed by atoms with Crippen LogP contribution in [0.1, 0.15) is 5.56 Å². The van der Waals surface area contributed by atoms with Crippen LogP contribution in [0, 0.1) is 5.82 Å². The predicted molar refractivity (Wildman–Crippen MR) is 108 cm³/mol. The number of fused-ring (bicyclic) bond motifs is 1. The minimum absolute atomic E-state index is 0.222. The quantitative estimate of drug-likeness (QED) is 0.239. The standard InChI is InChI=1S/C22H19FO3S/c1-25-19-10-9-17-14-16(6-8-18(17)15-19)7-11-22(24)26-12-13-27-21-5-3-2-4-20(21)23/h2-11,14-15H,12-13H2,1H3/b11-7+. The van der Waals surface area contributed by atoms with Gasteiger partial charge in [0.1, 0.15) is 18.2 Å². The fourth-order valence-electron chi connectivity index (χ4n) is 2.54. The molecule has 0 saturated heterocycles. The first-order valence-corrected chi connectivity index (χ1v) is 9.44. The van der Waals surface area contributed by atoms with E-state index in [-0.39, 0.29) is 12.4 Å². The topological polar surface area (TPSA) is 35.5 Å². The zero-order valence-corrected chi connectivity index (χ0v) is 15.7. The second kappa shape index (κ2) is 9.24. The lowest BCUT2D eigenvalue weighted by Crippen LogP contribution is -2.04. The zero-order chi connectivity index (χ0) is 19.1. The van der Waals surface area contributed by atoms with E-state index in [4.69, 9.17) is 9.47 Å². The van der Waals surface area contributed by atoms with Gasteiger partial charge in [-0.1, -0.05) is 30.3 Å². The van der Waals surface area contributed by atoms with Gasteiger partial charge in [0.25, 0.3) is 0 Å². The van der Waals surface area contributed by atoms with Crippen molar-refractivity contribution in [3.8, 4) is 5.75 Å². The van der Waals surface area contributed by atoms with Gasteiger partial charge in [-0.2, -0.15) is 0 Å². The molecule has 0 amide bonds. The van der Waals surface area contributed by atoms with Crippen LogP contribution in [0.2, 0.25) is 0 Å². The summed E-state index contributed by atoms with van der Waals surface area (Å²) in [6.07, 6.45) is 3.12. The van der Waals surface area contributed by atoms with Crippen molar-refractivity contribution in [2.45, 2.75) is 4.90 Å². The highest BCUT2D eigenvalue weighted by Gasteiger charge is 2.03. The molecule has 3 aromatic rings. The molecule has 0 aliphatic heterocycles. The molecule has 0 aliphatic carbocycles. The van der Waals surface area contributed by atoms with Crippen LogP contribution in [-0.2, 0) is 9.53 Å². The Hall–Kier alpha value is -2.79. The van der Waals surface area contributed by atoms with Crippen LogP contribution in [-0.4, -0.2) is 25.4 Å². The Balaban J connectivity index is 1.50. The monoisotopic (exact) mass is 382 g/mol. The molecule has 27 heavy (non-hydrogen) atoms. The average molecular weight is 382 g/mol. The van der Waals surface area contributed by atoms with Crippen molar-refractivity contribution in [2.24, 2.45) is 0 Å². The van der Waals surface area contributed by atoms with Crippen LogP contribution >= 0.6 is 11.8 Å². The molecule has 0 radical (unpaired) electrons. The fraction of sp³-hybridized carbons (Fsp3) is 0.136. The van der Waals surface area contributed by atoms with Crippen LogP contribution in [0.4, 0.5) is 4.39 Å². The predicted octanol–water partition coefficient (Wildman–Crippen LogP) is 5.34. The lowest BCUT2D eigenvalue weighted by molar-refractivity contribution is -0.137. The molecule has 138 valence electrons. The molecule has 3 aromatic carbocycles. The van der Waals surface area contributed by atoms with Gasteiger partial charge < -0.3 is 9.47 Å². The molecule has 0 aromatic heterocycles. The molecule has 3 rings (SSSR count). The summed E-state index contributed by atoms with van der Waals surface area (Å²) in [4.78, 5) is 12.4. The lowest BCUT2D eigenvalue weighted by atomic mass is 10.1. The molecule has 0 bridgehead atoms. The summed E-state index contributed by atoms with van der Waals surface area (Å²) in [6.45, 7) is 0.222. The Morgan fingerprint density at radius 3 is 2.67 bits per heavy atom. The average Bonchev–Trinajstić information content (AvgIpc) is 2.70. The third-order valence-electron chi connectivity index (χ3n) is 3.91. The SMILES string of the molecule is COc1ccc2cc(/C=C/C(=O)OCCSc3ccccc3F)ccc2c1. The van der Waals surface area contributed by atoms with Crippen molar-refractivity contribution in [3.63, 3.8) is 0 Å². The Morgan fingerprint density at radius 2 is 1.85 bits per heavy atom. The van der Waals surface area contributed by atoms with E-state index in [0.717, 1.165) is 22.1 Å². The van der Waals surface area contributed by atoms with Gasteiger partial charge in [-0.05, 0) is 52.7 Å². The number of ether oxygens (including phenoxy) is 2. The smallest absolute Gasteiger partial charge is 0.330 e. The van der Waals surface area contributed by atoms with E-state index in [1.807, 2.05) is 36.4 Å². The molecular weight excluding hydrogens is 363 g/mol. The van der Waals surface area contributed by atoms with Gasteiger partial charge in [0.15, 0.2) is 0 Å². The van der Waals surface area contributed by atoms with Crippen molar-refractivity contribution in [2.75, 3.05) is 19.5 Å². The van der Waals surface area contributed by atoms with Crippen molar-refractivity contribution in [3.05, 3.63) is 78.1 Å². The van der Waals surface area contributed by atoms with Crippen molar-refractivity contribution in [1.82, 2.24) is 0 Å². The van der Waals surface area contributed by atoms with Gasteiger partial charge in [-0.15, -0.1) is 11.8 Å². The van der Waals surface area contributed by atoms with Crippen LogP contribution in [0.15, 0.2) is 71.6 Å². The Labute approximate surface area is 161 Å². The van der Waals surface area contributed by atoms with E-state index < -0.39 is 5.97 Å². The van der Waals surface area contributed by atoms with Crippen molar-refractivity contribution in [1.29, 1.82) is 0 Å². The molecule has 0 fully saturated rings. The first kappa shape index (κ1) is 19.0. The fourth-order valence-corrected chi connectivity index (χ4v) is 3.31. The number of hydrogen-bond donors (Lipinski definition) is 0. The summed E-state index contributed by atoms with van der Waals surface area (Å²) in [6, 6.07) is 18.3. The summed E-state index contributed by atoms with van der Waals surface area (Å²) in [5, 5.41) is 2.13. The van der Waals surface area contributed by atoms with Gasteiger partial charge in [-0.25, -0.2) is 9.18 Å². The van der Waals surface area contributed by atoms with E-state index in [9.17, 15) is 9.18 Å². The van der Waals surface area contributed by atoms with E-state index in [2.05, 4.69) is 0 Å². The Morgan fingerprint density at radius 1 is 1.07 bits per heavy atom. The number of carbonyl (C=O) groups excluding carboxylic acids is 1. The highest BCUT2D eigenvalue weighted by Crippen LogP contribution is 2.23. The van der Waals surface area contributed by atoms with Gasteiger partial charge in [0.2, 0.25) is 0 Å². The van der Waals surface area contributed by atoms with Crippen LogP contribution in [0.3, 0.4) is 0 Å². The minimum atomic E-state index is -0.418. The maximum atomic E-state index is 13.5. The molecule has 0 unspecified atom stereocenters. The molecule has 0 spiro atoms. The van der Waals surface area contributed by atoms with E-state index in [0.29, 0.717) is 10.6 Å². The summed E-state index contributed by atoms with van der Waals surface area (Å²) in [7, 11) is 1.64. The number of carbonyl (C=O) groups is 1. The van der Waals surface area contributed by atoms with Crippen LogP contribution in [0.25, 0.3) is 16.8 Å². The first-order chi connectivity index (χ1) is 13.2. The summed E-state index contributed by atoms with van der Waals surface area (Å²) in [5.41, 5.74) is 0.908.